The van der Waals surface area contributed by atoms with Gasteiger partial charge in [-0.15, -0.1) is 0 Å². The van der Waals surface area contributed by atoms with Crippen LogP contribution in [0.1, 0.15) is 24.5 Å². The lowest BCUT2D eigenvalue weighted by Crippen LogP contribution is -2.30. The number of anilines is 1. The molecule has 3 aromatic carbocycles. The van der Waals surface area contributed by atoms with Crippen molar-refractivity contribution < 1.29 is 23.5 Å². The number of carbonyl (C=O) groups is 2. The molecule has 7 nitrogen and oxygen atoms in total. The zero-order chi connectivity index (χ0) is 24.6. The summed E-state index contributed by atoms with van der Waals surface area (Å²) in [5.74, 6) is -0.0866. The van der Waals surface area contributed by atoms with Crippen molar-refractivity contribution in [1.29, 1.82) is 0 Å². The molecule has 0 aliphatic carbocycles. The molecular formula is C27H26FN3O4. The Morgan fingerprint density at radius 3 is 2.60 bits per heavy atom. The van der Waals surface area contributed by atoms with Gasteiger partial charge in [0.05, 0.1) is 18.7 Å². The third kappa shape index (κ3) is 6.23. The molecule has 0 radical (unpaired) electrons. The van der Waals surface area contributed by atoms with E-state index in [9.17, 15) is 14.0 Å². The molecule has 0 aromatic heterocycles. The first-order chi connectivity index (χ1) is 17.0. The Labute approximate surface area is 203 Å². The molecule has 180 valence electrons. The minimum Gasteiger partial charge on any atom is -0.490 e. The molecule has 1 heterocycles. The molecule has 0 unspecified atom stereocenters. The number of hydrogen-bond donors (Lipinski definition) is 1. The van der Waals surface area contributed by atoms with Gasteiger partial charge in [0.25, 0.3) is 0 Å². The molecule has 0 saturated carbocycles. The molecule has 1 atom stereocenters. The molecule has 3 aromatic rings. The standard InChI is InChI=1S/C27H26FN3O4/c1-2-34-25-14-20(10-13-24(25)35-18-19-8-11-22(28)12-9-19)16-29-30-27(33)21-15-26(32)31(17-21)23-6-4-3-5-7-23/h3-14,16,21H,2,15,17-18H2,1H3,(H,30,33)/b29-16-/t21-/m1/s1. The first kappa shape index (κ1) is 23.9. The van der Waals surface area contributed by atoms with Gasteiger partial charge in [0.1, 0.15) is 12.4 Å². The molecule has 0 bridgehead atoms. The number of hydrogen-bond acceptors (Lipinski definition) is 5. The molecule has 0 spiro atoms. The van der Waals surface area contributed by atoms with E-state index in [1.807, 2.05) is 37.3 Å². The van der Waals surface area contributed by atoms with Crippen molar-refractivity contribution in [3.8, 4) is 11.5 Å². The third-order valence-corrected chi connectivity index (χ3v) is 5.53. The minimum absolute atomic E-state index is 0.0853. The SMILES string of the molecule is CCOc1cc(/C=N\NC(=O)[C@@H]2CC(=O)N(c3ccccc3)C2)ccc1OCc1ccc(F)cc1. The minimum atomic E-state index is -0.471. The van der Waals surface area contributed by atoms with Crippen molar-refractivity contribution in [3.63, 3.8) is 0 Å². The zero-order valence-electron chi connectivity index (χ0n) is 19.3. The lowest BCUT2D eigenvalue weighted by Gasteiger charge is -2.16. The number of nitrogens with zero attached hydrogens (tertiary/aromatic N) is 2. The Hall–Kier alpha value is -4.20. The van der Waals surface area contributed by atoms with E-state index in [0.717, 1.165) is 11.3 Å². The van der Waals surface area contributed by atoms with E-state index in [4.69, 9.17) is 9.47 Å². The van der Waals surface area contributed by atoms with E-state index in [1.54, 1.807) is 35.2 Å². The van der Waals surface area contributed by atoms with Crippen LogP contribution in [0.25, 0.3) is 0 Å². The monoisotopic (exact) mass is 475 g/mol. The number of nitrogens with one attached hydrogen (secondary N) is 1. The fourth-order valence-corrected chi connectivity index (χ4v) is 3.74. The fourth-order valence-electron chi connectivity index (χ4n) is 3.74. The number of ether oxygens (including phenoxy) is 2. The van der Waals surface area contributed by atoms with Crippen LogP contribution in [-0.2, 0) is 16.2 Å². The number of carbonyl (C=O) groups excluding carboxylic acids is 2. The molecule has 8 heteroatoms. The van der Waals surface area contributed by atoms with E-state index >= 15 is 0 Å². The van der Waals surface area contributed by atoms with Gasteiger partial charge in [-0.05, 0) is 60.5 Å². The molecule has 1 aliphatic heterocycles. The van der Waals surface area contributed by atoms with Gasteiger partial charge >= 0.3 is 0 Å². The van der Waals surface area contributed by atoms with Crippen LogP contribution in [0.5, 0.6) is 11.5 Å². The largest absolute Gasteiger partial charge is 0.490 e. The van der Waals surface area contributed by atoms with E-state index in [2.05, 4.69) is 10.5 Å². The summed E-state index contributed by atoms with van der Waals surface area (Å²) < 4.78 is 24.6. The Morgan fingerprint density at radius 1 is 1.09 bits per heavy atom. The van der Waals surface area contributed by atoms with Crippen LogP contribution in [0.4, 0.5) is 10.1 Å². The first-order valence-corrected chi connectivity index (χ1v) is 11.4. The van der Waals surface area contributed by atoms with Crippen LogP contribution >= 0.6 is 0 Å². The van der Waals surface area contributed by atoms with Crippen molar-refractivity contribution in [2.45, 2.75) is 20.0 Å². The smallest absolute Gasteiger partial charge is 0.245 e. The molecule has 1 fully saturated rings. The van der Waals surface area contributed by atoms with E-state index in [1.165, 1.54) is 18.3 Å². The summed E-state index contributed by atoms with van der Waals surface area (Å²) in [7, 11) is 0. The van der Waals surface area contributed by atoms with Crippen LogP contribution in [0.3, 0.4) is 0 Å². The van der Waals surface area contributed by atoms with Crippen molar-refractivity contribution in [1.82, 2.24) is 5.43 Å². The molecule has 2 amide bonds. The Balaban J connectivity index is 1.35. The van der Waals surface area contributed by atoms with Gasteiger partial charge in [-0.3, -0.25) is 9.59 Å². The third-order valence-electron chi connectivity index (χ3n) is 5.53. The Kier molecular flexibility index (Phi) is 7.72. The van der Waals surface area contributed by atoms with Gasteiger partial charge in [0.2, 0.25) is 11.8 Å². The fraction of sp³-hybridized carbons (Fsp3) is 0.222. The number of hydrazone groups is 1. The normalized spacial score (nSPS) is 15.4. The molecule has 1 N–H and O–H groups in total. The summed E-state index contributed by atoms with van der Waals surface area (Å²) in [6, 6.07) is 20.7. The highest BCUT2D eigenvalue weighted by molar-refractivity contribution is 6.00. The van der Waals surface area contributed by atoms with Crippen molar-refractivity contribution in [3.05, 3.63) is 89.7 Å². The maximum atomic E-state index is 13.1. The van der Waals surface area contributed by atoms with Gasteiger partial charge in [-0.1, -0.05) is 30.3 Å². The number of amides is 2. The van der Waals surface area contributed by atoms with Crippen LogP contribution in [-0.4, -0.2) is 31.2 Å². The van der Waals surface area contributed by atoms with Crippen molar-refractivity contribution >= 4 is 23.7 Å². The lowest BCUT2D eigenvalue weighted by atomic mass is 10.1. The Morgan fingerprint density at radius 2 is 1.86 bits per heavy atom. The number of halogens is 1. The highest BCUT2D eigenvalue weighted by Gasteiger charge is 2.35. The molecular weight excluding hydrogens is 449 g/mol. The summed E-state index contributed by atoms with van der Waals surface area (Å²) in [6.45, 7) is 2.90. The van der Waals surface area contributed by atoms with Gasteiger partial charge in [-0.2, -0.15) is 5.10 Å². The van der Waals surface area contributed by atoms with Gasteiger partial charge in [0.15, 0.2) is 11.5 Å². The molecule has 1 aliphatic rings. The molecule has 35 heavy (non-hydrogen) atoms. The second-order valence-electron chi connectivity index (χ2n) is 8.03. The quantitative estimate of drug-likeness (QED) is 0.370. The number of para-hydroxylation sites is 1. The predicted octanol–water partition coefficient (Wildman–Crippen LogP) is 4.31. The van der Waals surface area contributed by atoms with E-state index < -0.39 is 5.92 Å². The maximum absolute atomic E-state index is 13.1. The van der Waals surface area contributed by atoms with Crippen molar-refractivity contribution in [2.75, 3.05) is 18.1 Å². The van der Waals surface area contributed by atoms with Crippen molar-refractivity contribution in [2.24, 2.45) is 11.0 Å². The van der Waals surface area contributed by atoms with Gasteiger partial charge in [0, 0.05) is 18.7 Å². The lowest BCUT2D eigenvalue weighted by molar-refractivity contribution is -0.126. The summed E-state index contributed by atoms with van der Waals surface area (Å²) in [5, 5.41) is 4.06. The van der Waals surface area contributed by atoms with Crippen LogP contribution < -0.4 is 19.8 Å². The summed E-state index contributed by atoms with van der Waals surface area (Å²) in [5.41, 5.74) is 4.85. The molecule has 1 saturated heterocycles. The van der Waals surface area contributed by atoms with Gasteiger partial charge in [-0.25, -0.2) is 9.82 Å². The predicted molar refractivity (Wildman–Crippen MR) is 131 cm³/mol. The highest BCUT2D eigenvalue weighted by Crippen LogP contribution is 2.29. The highest BCUT2D eigenvalue weighted by atomic mass is 19.1. The second kappa shape index (κ2) is 11.3. The Bertz CT molecular complexity index is 1200. The number of benzene rings is 3. The topological polar surface area (TPSA) is 80.2 Å². The van der Waals surface area contributed by atoms with E-state index in [0.29, 0.717) is 30.2 Å². The average Bonchev–Trinajstić information content (AvgIpc) is 3.27. The van der Waals surface area contributed by atoms with E-state index in [-0.39, 0.29) is 30.7 Å². The van der Waals surface area contributed by atoms with Gasteiger partial charge < -0.3 is 14.4 Å². The maximum Gasteiger partial charge on any atom is 0.245 e. The van der Waals surface area contributed by atoms with Crippen LogP contribution in [0.2, 0.25) is 0 Å². The van der Waals surface area contributed by atoms with Crippen LogP contribution in [0, 0.1) is 11.7 Å². The van der Waals surface area contributed by atoms with Crippen LogP contribution in [0.15, 0.2) is 77.9 Å². The summed E-state index contributed by atoms with van der Waals surface area (Å²) in [4.78, 5) is 26.5. The summed E-state index contributed by atoms with van der Waals surface area (Å²) >= 11 is 0. The average molecular weight is 476 g/mol. The first-order valence-electron chi connectivity index (χ1n) is 11.4. The summed E-state index contributed by atoms with van der Waals surface area (Å²) in [6.07, 6.45) is 1.65. The zero-order valence-corrected chi connectivity index (χ0v) is 19.3. The number of rotatable bonds is 9. The second-order valence-corrected chi connectivity index (χ2v) is 8.03. The molecule has 4 rings (SSSR count).